The highest BCUT2D eigenvalue weighted by Crippen LogP contribution is 2.06. The van der Waals surface area contributed by atoms with Crippen LogP contribution >= 0.6 is 0 Å². The number of rotatable bonds is 3. The van der Waals surface area contributed by atoms with Crippen molar-refractivity contribution in [3.63, 3.8) is 0 Å². The zero-order chi connectivity index (χ0) is 9.72. The molecule has 1 amide bonds. The molecule has 0 aliphatic heterocycles. The van der Waals surface area contributed by atoms with Crippen LogP contribution in [0.5, 0.6) is 0 Å². The second-order valence-corrected chi connectivity index (χ2v) is 3.09. The van der Waals surface area contributed by atoms with E-state index in [1.807, 2.05) is 20.8 Å². The van der Waals surface area contributed by atoms with E-state index < -0.39 is 0 Å². The maximum absolute atomic E-state index is 11.3. The minimum atomic E-state index is -0.0145. The Balaban J connectivity index is 4.29. The molecule has 3 nitrogen and oxygen atoms in total. The zero-order valence-electron chi connectivity index (χ0n) is 8.56. The zero-order valence-corrected chi connectivity index (χ0v) is 8.56. The van der Waals surface area contributed by atoms with Gasteiger partial charge in [0.15, 0.2) is 0 Å². The number of carbonyl (C=O) groups is 1. The first kappa shape index (κ1) is 11.2. The molecule has 0 atom stereocenters. The summed E-state index contributed by atoms with van der Waals surface area (Å²) in [5.41, 5.74) is 4.64. The van der Waals surface area contributed by atoms with Gasteiger partial charge in [-0.2, -0.15) is 0 Å². The van der Waals surface area contributed by atoms with Gasteiger partial charge in [-0.1, -0.05) is 12.5 Å². The predicted molar refractivity (Wildman–Crippen MR) is 50.5 cm³/mol. The van der Waals surface area contributed by atoms with Gasteiger partial charge in [0, 0.05) is 19.7 Å². The summed E-state index contributed by atoms with van der Waals surface area (Å²) in [6.07, 6.45) is 0.923. The van der Waals surface area contributed by atoms with Gasteiger partial charge in [-0.15, -0.1) is 0 Å². The van der Waals surface area contributed by atoms with Crippen LogP contribution in [0.15, 0.2) is 11.1 Å². The molecule has 0 aliphatic rings. The van der Waals surface area contributed by atoms with Gasteiger partial charge in [0.1, 0.15) is 0 Å². The fraction of sp³-hybridized carbons (Fsp3) is 0.667. The highest BCUT2D eigenvalue weighted by molar-refractivity contribution is 5.93. The van der Waals surface area contributed by atoms with Crippen LogP contribution in [0.3, 0.4) is 0 Å². The van der Waals surface area contributed by atoms with Crippen molar-refractivity contribution in [1.82, 2.24) is 10.4 Å². The lowest BCUT2D eigenvalue weighted by atomic mass is 10.1. The molecule has 70 valence electrons. The van der Waals surface area contributed by atoms with Crippen LogP contribution in [0, 0.1) is 0 Å². The predicted octanol–water partition coefficient (Wildman–Crippen LogP) is 1.33. The molecule has 12 heavy (non-hydrogen) atoms. The minimum absolute atomic E-state index is 0.0145. The monoisotopic (exact) mass is 170 g/mol. The van der Waals surface area contributed by atoms with Crippen LogP contribution in [0.4, 0.5) is 0 Å². The Kier molecular flexibility index (Phi) is 4.59. The van der Waals surface area contributed by atoms with Crippen molar-refractivity contribution in [2.75, 3.05) is 14.1 Å². The van der Waals surface area contributed by atoms with Crippen LogP contribution in [0.2, 0.25) is 0 Å². The van der Waals surface area contributed by atoms with Crippen molar-refractivity contribution in [3.05, 3.63) is 11.1 Å². The first-order chi connectivity index (χ1) is 5.49. The van der Waals surface area contributed by atoms with E-state index in [1.54, 1.807) is 19.1 Å². The molecule has 0 rings (SSSR count). The number of carbonyl (C=O) groups excluding carboxylic acids is 1. The summed E-state index contributed by atoms with van der Waals surface area (Å²) in [6, 6.07) is 0. The maximum Gasteiger partial charge on any atom is 0.261 e. The van der Waals surface area contributed by atoms with Gasteiger partial charge < -0.3 is 0 Å². The average molecular weight is 170 g/mol. The molecule has 0 saturated heterocycles. The fourth-order valence-electron chi connectivity index (χ4n) is 0.746. The normalized spacial score (nSPS) is 12.8. The van der Waals surface area contributed by atoms with Crippen molar-refractivity contribution in [1.29, 1.82) is 0 Å². The van der Waals surface area contributed by atoms with Crippen LogP contribution in [0.25, 0.3) is 0 Å². The largest absolute Gasteiger partial charge is 0.286 e. The van der Waals surface area contributed by atoms with E-state index in [4.69, 9.17) is 0 Å². The van der Waals surface area contributed by atoms with Gasteiger partial charge >= 0.3 is 0 Å². The Morgan fingerprint density at radius 1 is 1.33 bits per heavy atom. The topological polar surface area (TPSA) is 32.3 Å². The van der Waals surface area contributed by atoms with Crippen LogP contribution in [-0.4, -0.2) is 25.0 Å². The standard InChI is InChI=1S/C9H18N2O/c1-6-7(2)8(3)9(12)10-11(4)5/h6H2,1-5H3,(H,10,12). The molecule has 0 unspecified atom stereocenters. The Morgan fingerprint density at radius 3 is 2.17 bits per heavy atom. The first-order valence-corrected chi connectivity index (χ1v) is 4.13. The highest BCUT2D eigenvalue weighted by atomic mass is 16.2. The first-order valence-electron chi connectivity index (χ1n) is 4.13. The molecule has 0 bridgehead atoms. The number of hydrogen-bond acceptors (Lipinski definition) is 2. The van der Waals surface area contributed by atoms with Crippen LogP contribution < -0.4 is 5.43 Å². The quantitative estimate of drug-likeness (QED) is 0.512. The van der Waals surface area contributed by atoms with Crippen molar-refractivity contribution < 1.29 is 4.79 Å². The molecule has 0 aliphatic carbocycles. The Bertz CT molecular complexity index is 195. The maximum atomic E-state index is 11.3. The van der Waals surface area contributed by atoms with Gasteiger partial charge in [0.25, 0.3) is 5.91 Å². The second-order valence-electron chi connectivity index (χ2n) is 3.09. The molecule has 0 heterocycles. The lowest BCUT2D eigenvalue weighted by molar-refractivity contribution is -0.121. The molecule has 0 saturated carbocycles. The van der Waals surface area contributed by atoms with E-state index in [1.165, 1.54) is 0 Å². The molecule has 0 aromatic heterocycles. The highest BCUT2D eigenvalue weighted by Gasteiger charge is 2.06. The van der Waals surface area contributed by atoms with Gasteiger partial charge in [0.05, 0.1) is 0 Å². The number of hydrogen-bond donors (Lipinski definition) is 1. The average Bonchev–Trinajstić information content (AvgIpc) is 2.00. The summed E-state index contributed by atoms with van der Waals surface area (Å²) in [6.45, 7) is 5.87. The van der Waals surface area contributed by atoms with E-state index in [-0.39, 0.29) is 5.91 Å². The van der Waals surface area contributed by atoms with Crippen LogP contribution in [-0.2, 0) is 4.79 Å². The van der Waals surface area contributed by atoms with E-state index in [0.29, 0.717) is 0 Å². The second kappa shape index (κ2) is 4.93. The molecular formula is C9H18N2O. The Labute approximate surface area is 74.4 Å². The number of nitrogens with zero attached hydrogens (tertiary/aromatic N) is 1. The van der Waals surface area contributed by atoms with Crippen molar-refractivity contribution in [2.24, 2.45) is 0 Å². The number of allylic oxidation sites excluding steroid dienone is 1. The van der Waals surface area contributed by atoms with Gasteiger partial charge in [0.2, 0.25) is 0 Å². The third-order valence-electron chi connectivity index (χ3n) is 1.84. The summed E-state index contributed by atoms with van der Waals surface area (Å²) in [4.78, 5) is 11.3. The van der Waals surface area contributed by atoms with Crippen molar-refractivity contribution in [3.8, 4) is 0 Å². The SMILES string of the molecule is CCC(C)=C(C)C(=O)NN(C)C. The van der Waals surface area contributed by atoms with E-state index in [9.17, 15) is 4.79 Å². The van der Waals surface area contributed by atoms with E-state index in [0.717, 1.165) is 17.6 Å². The van der Waals surface area contributed by atoms with Crippen LogP contribution in [0.1, 0.15) is 27.2 Å². The fourth-order valence-corrected chi connectivity index (χ4v) is 0.746. The summed E-state index contributed by atoms with van der Waals surface area (Å²) >= 11 is 0. The molecular weight excluding hydrogens is 152 g/mol. The summed E-state index contributed by atoms with van der Waals surface area (Å²) in [5.74, 6) is -0.0145. The molecule has 3 heteroatoms. The third kappa shape index (κ3) is 3.53. The van der Waals surface area contributed by atoms with Gasteiger partial charge in [-0.25, -0.2) is 5.01 Å². The summed E-state index contributed by atoms with van der Waals surface area (Å²) < 4.78 is 0. The molecule has 0 aromatic carbocycles. The Morgan fingerprint density at radius 2 is 1.83 bits per heavy atom. The van der Waals surface area contributed by atoms with Crippen molar-refractivity contribution >= 4 is 5.91 Å². The molecule has 0 radical (unpaired) electrons. The smallest absolute Gasteiger partial charge is 0.261 e. The molecule has 1 N–H and O–H groups in total. The van der Waals surface area contributed by atoms with E-state index in [2.05, 4.69) is 5.43 Å². The number of hydrazine groups is 1. The summed E-state index contributed by atoms with van der Waals surface area (Å²) in [5, 5.41) is 1.65. The third-order valence-corrected chi connectivity index (χ3v) is 1.84. The molecule has 0 fully saturated rings. The molecule has 0 spiro atoms. The van der Waals surface area contributed by atoms with Crippen molar-refractivity contribution in [2.45, 2.75) is 27.2 Å². The molecule has 0 aromatic rings. The van der Waals surface area contributed by atoms with Gasteiger partial charge in [-0.05, 0) is 20.3 Å². The lowest BCUT2D eigenvalue weighted by Gasteiger charge is -2.13. The minimum Gasteiger partial charge on any atom is -0.286 e. The number of amides is 1. The summed E-state index contributed by atoms with van der Waals surface area (Å²) in [7, 11) is 3.60. The lowest BCUT2D eigenvalue weighted by Crippen LogP contribution is -2.36. The Hall–Kier alpha value is -0.830. The number of nitrogens with one attached hydrogen (secondary N) is 1. The van der Waals surface area contributed by atoms with E-state index >= 15 is 0 Å². The van der Waals surface area contributed by atoms with Gasteiger partial charge in [-0.3, -0.25) is 10.2 Å².